The number of phenols is 1. The molecule has 37 heavy (non-hydrogen) atoms. The number of rotatable bonds is 6. The number of benzene rings is 2. The van der Waals surface area contributed by atoms with Gasteiger partial charge in [-0.05, 0) is 43.8 Å². The summed E-state index contributed by atoms with van der Waals surface area (Å²) in [7, 11) is 0.534. The van der Waals surface area contributed by atoms with Crippen LogP contribution in [0.3, 0.4) is 0 Å². The molecule has 1 atom stereocenters. The van der Waals surface area contributed by atoms with E-state index in [9.17, 15) is 14.7 Å². The van der Waals surface area contributed by atoms with E-state index < -0.39 is 0 Å². The quantitative estimate of drug-likeness (QED) is 0.337. The Bertz CT molecular complexity index is 1460. The third-order valence-electron chi connectivity index (χ3n) is 6.52. The van der Waals surface area contributed by atoms with Gasteiger partial charge in [0.15, 0.2) is 5.65 Å². The summed E-state index contributed by atoms with van der Waals surface area (Å²) < 4.78 is 1.82. The van der Waals surface area contributed by atoms with Crippen molar-refractivity contribution < 1.29 is 14.7 Å². The number of piperidine rings is 1. The predicted molar refractivity (Wildman–Crippen MR) is 147 cm³/mol. The van der Waals surface area contributed by atoms with E-state index in [4.69, 9.17) is 4.98 Å². The lowest BCUT2D eigenvalue weighted by molar-refractivity contribution is -0.114. The molecule has 5 rings (SSSR count). The Balaban J connectivity index is 1.35. The Hall–Kier alpha value is -3.97. The zero-order valence-corrected chi connectivity index (χ0v) is 21.7. The highest BCUT2D eigenvalue weighted by Gasteiger charge is 2.26. The van der Waals surface area contributed by atoms with Crippen molar-refractivity contribution in [1.82, 2.24) is 19.5 Å². The van der Waals surface area contributed by atoms with Gasteiger partial charge in [-0.15, -0.1) is 0 Å². The summed E-state index contributed by atoms with van der Waals surface area (Å²) in [5, 5.41) is 22.4. The average Bonchev–Trinajstić information content (AvgIpc) is 3.32. The number of fused-ring (bicyclic) bond motifs is 1. The van der Waals surface area contributed by atoms with Gasteiger partial charge < -0.3 is 20.6 Å². The van der Waals surface area contributed by atoms with Crippen LogP contribution in [0.25, 0.3) is 16.9 Å². The van der Waals surface area contributed by atoms with Crippen LogP contribution in [0, 0.1) is 0 Å². The monoisotopic (exact) mass is 516 g/mol. The van der Waals surface area contributed by atoms with Crippen molar-refractivity contribution in [2.75, 3.05) is 30.4 Å². The molecule has 0 radical (unpaired) electrons. The molecular formula is C27H29N6O3P. The Labute approximate surface area is 216 Å². The van der Waals surface area contributed by atoms with Crippen molar-refractivity contribution >= 4 is 42.9 Å². The molecule has 3 heterocycles. The van der Waals surface area contributed by atoms with E-state index in [1.54, 1.807) is 36.4 Å². The molecule has 2 aromatic carbocycles. The maximum absolute atomic E-state index is 13.2. The fraction of sp³-hybridized carbons (Fsp3) is 0.259. The molecule has 0 bridgehead atoms. The molecule has 2 aromatic heterocycles. The smallest absolute Gasteiger partial charge is 0.255 e. The van der Waals surface area contributed by atoms with Crippen LogP contribution < -0.4 is 15.9 Å². The highest BCUT2D eigenvalue weighted by molar-refractivity contribution is 7.46. The van der Waals surface area contributed by atoms with Crippen molar-refractivity contribution in [2.45, 2.75) is 25.8 Å². The van der Waals surface area contributed by atoms with Crippen LogP contribution in [-0.2, 0) is 4.79 Å². The van der Waals surface area contributed by atoms with Crippen molar-refractivity contribution in [2.24, 2.45) is 0 Å². The van der Waals surface area contributed by atoms with Crippen molar-refractivity contribution in [3.63, 3.8) is 0 Å². The number of carbonyl (C=O) groups excluding carboxylic acids is 2. The van der Waals surface area contributed by atoms with Gasteiger partial charge in [-0.25, -0.2) is 4.98 Å². The molecular weight excluding hydrogens is 487 g/mol. The Morgan fingerprint density at radius 1 is 1.08 bits per heavy atom. The number of carbonyl (C=O) groups is 2. The first-order valence-electron chi connectivity index (χ1n) is 12.2. The van der Waals surface area contributed by atoms with Gasteiger partial charge >= 0.3 is 0 Å². The number of hydrogen-bond donors (Lipinski definition) is 3. The summed E-state index contributed by atoms with van der Waals surface area (Å²) in [5.41, 5.74) is 3.14. The molecule has 1 aliphatic rings. The number of nitrogens with one attached hydrogen (secondary N) is 2. The third-order valence-corrected chi connectivity index (χ3v) is 7.41. The van der Waals surface area contributed by atoms with Gasteiger partial charge in [-0.2, -0.15) is 9.61 Å². The van der Waals surface area contributed by atoms with Gasteiger partial charge in [0.25, 0.3) is 5.91 Å². The van der Waals surface area contributed by atoms with E-state index in [1.807, 2.05) is 33.8 Å². The fourth-order valence-electron chi connectivity index (χ4n) is 4.64. The van der Waals surface area contributed by atoms with E-state index in [1.165, 1.54) is 6.92 Å². The lowest BCUT2D eigenvalue weighted by atomic mass is 10.0. The second-order valence-electron chi connectivity index (χ2n) is 9.03. The van der Waals surface area contributed by atoms with E-state index in [-0.39, 0.29) is 23.6 Å². The standard InChI is InChI=1S/C27H29N6O3P/c1-17(34)29-21-9-5-3-8-20(21)27(36)32-13-11-18(12-14-32)30-25-15-22(19-7-4-6-10-23(19)35)31-26-24(37-2)16-28-33(25)26/h3-10,15-16,18,30,35,37H,11-14H2,1-2H3,(H,29,34). The molecule has 1 saturated heterocycles. The number of hydrogen-bond acceptors (Lipinski definition) is 6. The lowest BCUT2D eigenvalue weighted by Gasteiger charge is -2.33. The second-order valence-corrected chi connectivity index (χ2v) is 10.1. The Morgan fingerprint density at radius 2 is 1.81 bits per heavy atom. The molecule has 0 aliphatic carbocycles. The molecule has 10 heteroatoms. The van der Waals surface area contributed by atoms with E-state index in [0.29, 0.717) is 44.2 Å². The topological polar surface area (TPSA) is 112 Å². The second kappa shape index (κ2) is 10.6. The molecule has 1 unspecified atom stereocenters. The molecule has 0 saturated carbocycles. The molecule has 190 valence electrons. The van der Waals surface area contributed by atoms with Crippen molar-refractivity contribution in [3.8, 4) is 17.0 Å². The normalized spacial score (nSPS) is 14.4. The molecule has 1 fully saturated rings. The summed E-state index contributed by atoms with van der Waals surface area (Å²) in [6, 6.07) is 16.3. The van der Waals surface area contributed by atoms with Gasteiger partial charge in [0.1, 0.15) is 11.6 Å². The van der Waals surface area contributed by atoms with Gasteiger partial charge in [-0.1, -0.05) is 32.8 Å². The number of aromatic hydroxyl groups is 1. The Morgan fingerprint density at radius 3 is 2.54 bits per heavy atom. The minimum Gasteiger partial charge on any atom is -0.507 e. The summed E-state index contributed by atoms with van der Waals surface area (Å²) in [5.74, 6) is 0.683. The first-order valence-corrected chi connectivity index (χ1v) is 13.7. The van der Waals surface area contributed by atoms with Gasteiger partial charge in [0.05, 0.1) is 23.1 Å². The lowest BCUT2D eigenvalue weighted by Crippen LogP contribution is -2.42. The van der Waals surface area contributed by atoms with Crippen LogP contribution in [0.4, 0.5) is 11.5 Å². The number of nitrogens with zero attached hydrogens (tertiary/aromatic N) is 4. The SMILES string of the molecule is CPc1cnn2c(NC3CCN(C(=O)c4ccccc4NC(C)=O)CC3)cc(-c3ccccc3O)nc12. The minimum atomic E-state index is -0.208. The molecule has 4 aromatic rings. The molecule has 9 nitrogen and oxygen atoms in total. The number of para-hydroxylation sites is 2. The summed E-state index contributed by atoms with van der Waals surface area (Å²) in [6.07, 6.45) is 3.36. The maximum atomic E-state index is 13.2. The maximum Gasteiger partial charge on any atom is 0.255 e. The van der Waals surface area contributed by atoms with Crippen LogP contribution in [0.15, 0.2) is 60.8 Å². The number of anilines is 2. The first-order chi connectivity index (χ1) is 17.9. The zero-order valence-electron chi connectivity index (χ0n) is 20.7. The highest BCUT2D eigenvalue weighted by Crippen LogP contribution is 2.30. The van der Waals surface area contributed by atoms with E-state index >= 15 is 0 Å². The number of phenolic OH excluding ortho intramolecular Hbond substituents is 1. The van der Waals surface area contributed by atoms with E-state index in [2.05, 4.69) is 22.4 Å². The highest BCUT2D eigenvalue weighted by atomic mass is 31.1. The zero-order chi connectivity index (χ0) is 25.9. The third kappa shape index (κ3) is 5.13. The predicted octanol–water partition coefficient (Wildman–Crippen LogP) is 3.71. The van der Waals surface area contributed by atoms with Crippen LogP contribution in [0.5, 0.6) is 5.75 Å². The van der Waals surface area contributed by atoms with Crippen LogP contribution in [-0.4, -0.2) is 62.2 Å². The molecule has 2 amide bonds. The molecule has 0 spiro atoms. The van der Waals surface area contributed by atoms with E-state index in [0.717, 1.165) is 29.6 Å². The molecule has 3 N–H and O–H groups in total. The van der Waals surface area contributed by atoms with Crippen LogP contribution in [0.2, 0.25) is 0 Å². The van der Waals surface area contributed by atoms with Crippen LogP contribution >= 0.6 is 8.58 Å². The fourth-order valence-corrected chi connectivity index (χ4v) is 5.22. The van der Waals surface area contributed by atoms with Gasteiger partial charge in [0, 0.05) is 43.0 Å². The number of amides is 2. The Kier molecular flexibility index (Phi) is 7.06. The summed E-state index contributed by atoms with van der Waals surface area (Å²) in [4.78, 5) is 31.4. The van der Waals surface area contributed by atoms with Gasteiger partial charge in [-0.3, -0.25) is 9.59 Å². The van der Waals surface area contributed by atoms with Gasteiger partial charge in [0.2, 0.25) is 5.91 Å². The van der Waals surface area contributed by atoms with Crippen molar-refractivity contribution in [3.05, 3.63) is 66.4 Å². The van der Waals surface area contributed by atoms with Crippen molar-refractivity contribution in [1.29, 1.82) is 0 Å². The largest absolute Gasteiger partial charge is 0.507 e. The summed E-state index contributed by atoms with van der Waals surface area (Å²) >= 11 is 0. The number of likely N-dealkylation sites (tertiary alicyclic amines) is 1. The summed E-state index contributed by atoms with van der Waals surface area (Å²) in [6.45, 7) is 4.70. The average molecular weight is 517 g/mol. The molecule has 1 aliphatic heterocycles. The minimum absolute atomic E-state index is 0.0865. The first kappa shape index (κ1) is 24.7. The van der Waals surface area contributed by atoms with Crippen LogP contribution in [0.1, 0.15) is 30.1 Å². The number of aromatic nitrogens is 3.